The first kappa shape index (κ1) is 13.3. The fourth-order valence-corrected chi connectivity index (χ4v) is 1.89. The molecule has 0 N–H and O–H groups in total. The first-order valence-electron chi connectivity index (χ1n) is 6.28. The number of esters is 1. The maximum Gasteiger partial charge on any atom is 0.346 e. The highest BCUT2D eigenvalue weighted by atomic mass is 16.5. The Bertz CT molecular complexity index is 600. The lowest BCUT2D eigenvalue weighted by Gasteiger charge is -2.13. The number of benzene rings is 1. The van der Waals surface area contributed by atoms with Crippen molar-refractivity contribution in [3.63, 3.8) is 0 Å². The van der Waals surface area contributed by atoms with E-state index in [1.807, 2.05) is 25.1 Å². The summed E-state index contributed by atoms with van der Waals surface area (Å²) in [5.41, 5.74) is 2.56. The molecule has 0 saturated heterocycles. The van der Waals surface area contributed by atoms with Gasteiger partial charge in [0.1, 0.15) is 5.75 Å². The van der Waals surface area contributed by atoms with Crippen molar-refractivity contribution in [3.8, 4) is 5.75 Å². The van der Waals surface area contributed by atoms with Crippen molar-refractivity contribution in [1.29, 1.82) is 0 Å². The zero-order valence-electron chi connectivity index (χ0n) is 11.7. The highest BCUT2D eigenvalue weighted by Gasteiger charge is 2.15. The van der Waals surface area contributed by atoms with E-state index < -0.39 is 0 Å². The number of ether oxygens (including phenoxy) is 1. The number of nitrogens with zero attached hydrogens (tertiary/aromatic N) is 2. The van der Waals surface area contributed by atoms with Gasteiger partial charge in [-0.3, -0.25) is 4.68 Å². The largest absolute Gasteiger partial charge is 0.423 e. The highest BCUT2D eigenvalue weighted by molar-refractivity contribution is 5.90. The van der Waals surface area contributed by atoms with Gasteiger partial charge in [0.15, 0.2) is 0 Å². The smallest absolute Gasteiger partial charge is 0.346 e. The van der Waals surface area contributed by atoms with E-state index in [9.17, 15) is 4.79 Å². The number of rotatable bonds is 3. The van der Waals surface area contributed by atoms with Crippen molar-refractivity contribution in [2.45, 2.75) is 26.7 Å². The second-order valence-electron chi connectivity index (χ2n) is 4.99. The maximum absolute atomic E-state index is 12.0. The lowest BCUT2D eigenvalue weighted by Crippen LogP contribution is -2.09. The third-order valence-corrected chi connectivity index (χ3v) is 2.93. The molecule has 0 radical (unpaired) electrons. The summed E-state index contributed by atoms with van der Waals surface area (Å²) in [6.45, 7) is 6.13. The minimum atomic E-state index is -0.374. The molecular weight excluding hydrogens is 240 g/mol. The van der Waals surface area contributed by atoms with Gasteiger partial charge in [0, 0.05) is 13.2 Å². The van der Waals surface area contributed by atoms with Gasteiger partial charge in [0.2, 0.25) is 0 Å². The Morgan fingerprint density at radius 3 is 2.68 bits per heavy atom. The molecule has 0 fully saturated rings. The topological polar surface area (TPSA) is 44.1 Å². The standard InChI is InChI=1S/C15H18N2O2/c1-10(2)13-6-5-11(3)7-14(13)19-15(18)12-8-16-17(4)9-12/h5-10H,1-4H3. The monoisotopic (exact) mass is 258 g/mol. The summed E-state index contributed by atoms with van der Waals surface area (Å²) < 4.78 is 7.07. The molecule has 0 amide bonds. The van der Waals surface area contributed by atoms with Gasteiger partial charge in [-0.1, -0.05) is 26.0 Å². The van der Waals surface area contributed by atoms with E-state index in [-0.39, 0.29) is 5.97 Å². The molecule has 0 aliphatic carbocycles. The van der Waals surface area contributed by atoms with E-state index in [2.05, 4.69) is 18.9 Å². The van der Waals surface area contributed by atoms with Crippen LogP contribution in [0.1, 0.15) is 41.3 Å². The Morgan fingerprint density at radius 2 is 2.11 bits per heavy atom. The Kier molecular flexibility index (Phi) is 3.69. The molecule has 0 spiro atoms. The maximum atomic E-state index is 12.0. The molecule has 0 aliphatic heterocycles. The highest BCUT2D eigenvalue weighted by Crippen LogP contribution is 2.28. The van der Waals surface area contributed by atoms with Gasteiger partial charge in [0.25, 0.3) is 0 Å². The predicted molar refractivity (Wildman–Crippen MR) is 73.4 cm³/mol. The van der Waals surface area contributed by atoms with Crippen LogP contribution in [0.2, 0.25) is 0 Å². The van der Waals surface area contributed by atoms with Gasteiger partial charge in [-0.05, 0) is 30.0 Å². The summed E-state index contributed by atoms with van der Waals surface area (Å²) in [5.74, 6) is 0.557. The molecule has 0 bridgehead atoms. The average Bonchev–Trinajstić information content (AvgIpc) is 2.75. The average molecular weight is 258 g/mol. The normalized spacial score (nSPS) is 10.8. The molecule has 0 aliphatic rings. The molecule has 1 aromatic carbocycles. The SMILES string of the molecule is Cc1ccc(C(C)C)c(OC(=O)c2cnn(C)c2)c1. The molecule has 1 aromatic heterocycles. The molecule has 0 atom stereocenters. The Hall–Kier alpha value is -2.10. The Morgan fingerprint density at radius 1 is 1.37 bits per heavy atom. The number of hydrogen-bond donors (Lipinski definition) is 0. The van der Waals surface area contributed by atoms with Crippen LogP contribution in [0.5, 0.6) is 5.75 Å². The molecular formula is C15H18N2O2. The van der Waals surface area contributed by atoms with Crippen molar-refractivity contribution in [3.05, 3.63) is 47.3 Å². The van der Waals surface area contributed by atoms with Crippen LogP contribution in [-0.4, -0.2) is 15.7 Å². The molecule has 2 aromatic rings. The van der Waals surface area contributed by atoms with Crippen molar-refractivity contribution in [2.75, 3.05) is 0 Å². The molecule has 0 unspecified atom stereocenters. The van der Waals surface area contributed by atoms with E-state index in [0.717, 1.165) is 11.1 Å². The van der Waals surface area contributed by atoms with Crippen LogP contribution in [-0.2, 0) is 7.05 Å². The lowest BCUT2D eigenvalue weighted by molar-refractivity contribution is 0.0732. The summed E-state index contributed by atoms with van der Waals surface area (Å²) in [5, 5.41) is 3.97. The van der Waals surface area contributed by atoms with Gasteiger partial charge in [-0.25, -0.2) is 4.79 Å². The van der Waals surface area contributed by atoms with Gasteiger partial charge >= 0.3 is 5.97 Å². The summed E-state index contributed by atoms with van der Waals surface area (Å²) >= 11 is 0. The quantitative estimate of drug-likeness (QED) is 0.627. The van der Waals surface area contributed by atoms with Gasteiger partial charge in [0.05, 0.1) is 11.8 Å². The minimum Gasteiger partial charge on any atom is -0.423 e. The first-order valence-corrected chi connectivity index (χ1v) is 6.28. The van der Waals surface area contributed by atoms with Crippen LogP contribution in [0.4, 0.5) is 0 Å². The van der Waals surface area contributed by atoms with Gasteiger partial charge in [-0.2, -0.15) is 5.10 Å². The molecule has 1 heterocycles. The third kappa shape index (κ3) is 3.02. The molecule has 4 nitrogen and oxygen atoms in total. The Labute approximate surface area is 113 Å². The second-order valence-corrected chi connectivity index (χ2v) is 4.99. The minimum absolute atomic E-state index is 0.303. The lowest BCUT2D eigenvalue weighted by atomic mass is 10.0. The van der Waals surface area contributed by atoms with E-state index in [1.165, 1.54) is 6.20 Å². The summed E-state index contributed by atoms with van der Waals surface area (Å²) in [6.07, 6.45) is 3.15. The molecule has 0 saturated carbocycles. The number of aromatic nitrogens is 2. The molecule has 100 valence electrons. The van der Waals surface area contributed by atoms with Crippen LogP contribution >= 0.6 is 0 Å². The van der Waals surface area contributed by atoms with Crippen LogP contribution in [0, 0.1) is 6.92 Å². The van der Waals surface area contributed by atoms with Crippen LogP contribution < -0.4 is 4.74 Å². The number of aryl methyl sites for hydroxylation is 2. The van der Waals surface area contributed by atoms with E-state index in [1.54, 1.807) is 17.9 Å². The molecule has 2 rings (SSSR count). The first-order chi connectivity index (χ1) is 8.97. The van der Waals surface area contributed by atoms with Crippen molar-refractivity contribution in [1.82, 2.24) is 9.78 Å². The van der Waals surface area contributed by atoms with Crippen LogP contribution in [0.25, 0.3) is 0 Å². The Balaban J connectivity index is 2.27. The number of carbonyl (C=O) groups excluding carboxylic acids is 1. The predicted octanol–water partition coefficient (Wildman–Crippen LogP) is 3.07. The summed E-state index contributed by atoms with van der Waals surface area (Å²) in [7, 11) is 1.77. The fourth-order valence-electron chi connectivity index (χ4n) is 1.89. The van der Waals surface area contributed by atoms with Crippen LogP contribution in [0.3, 0.4) is 0 Å². The van der Waals surface area contributed by atoms with Crippen LogP contribution in [0.15, 0.2) is 30.6 Å². The van der Waals surface area contributed by atoms with E-state index in [0.29, 0.717) is 17.2 Å². The third-order valence-electron chi connectivity index (χ3n) is 2.93. The summed E-state index contributed by atoms with van der Waals surface area (Å²) in [6, 6.07) is 5.92. The van der Waals surface area contributed by atoms with E-state index >= 15 is 0 Å². The summed E-state index contributed by atoms with van der Waals surface area (Å²) in [4.78, 5) is 12.0. The number of carbonyl (C=O) groups is 1. The second kappa shape index (κ2) is 5.26. The van der Waals surface area contributed by atoms with Crippen molar-refractivity contribution < 1.29 is 9.53 Å². The van der Waals surface area contributed by atoms with Gasteiger partial charge in [-0.15, -0.1) is 0 Å². The van der Waals surface area contributed by atoms with Crippen molar-refractivity contribution >= 4 is 5.97 Å². The zero-order chi connectivity index (χ0) is 14.0. The molecule has 19 heavy (non-hydrogen) atoms. The van der Waals surface area contributed by atoms with Crippen molar-refractivity contribution in [2.24, 2.45) is 7.05 Å². The van der Waals surface area contributed by atoms with Gasteiger partial charge < -0.3 is 4.74 Å². The van der Waals surface area contributed by atoms with E-state index in [4.69, 9.17) is 4.74 Å². The molecule has 4 heteroatoms. The zero-order valence-corrected chi connectivity index (χ0v) is 11.7. The fraction of sp³-hybridized carbons (Fsp3) is 0.333. The number of hydrogen-bond acceptors (Lipinski definition) is 3.